The van der Waals surface area contributed by atoms with Gasteiger partial charge in [-0.05, 0) is 44.7 Å². The zero-order valence-electron chi connectivity index (χ0n) is 16.2. The Morgan fingerprint density at radius 3 is 2.44 bits per heavy atom. The van der Waals surface area contributed by atoms with Crippen molar-refractivity contribution in [2.75, 3.05) is 5.75 Å². The zero-order valence-corrected chi connectivity index (χ0v) is 17.1. The lowest BCUT2D eigenvalue weighted by atomic mass is 9.86. The van der Waals surface area contributed by atoms with Crippen LogP contribution in [0.4, 0.5) is 0 Å². The molecule has 3 atom stereocenters. The van der Waals surface area contributed by atoms with E-state index >= 15 is 0 Å². The molecule has 0 saturated heterocycles. The van der Waals surface area contributed by atoms with Crippen molar-refractivity contribution in [1.82, 2.24) is 5.32 Å². The van der Waals surface area contributed by atoms with Crippen LogP contribution in [0.25, 0.3) is 0 Å². The minimum atomic E-state index is -3.56. The molecular formula is C20H29NO5S. The third-order valence-corrected chi connectivity index (χ3v) is 6.80. The van der Waals surface area contributed by atoms with Gasteiger partial charge < -0.3 is 10.1 Å². The molecule has 27 heavy (non-hydrogen) atoms. The lowest BCUT2D eigenvalue weighted by Gasteiger charge is -2.30. The van der Waals surface area contributed by atoms with E-state index < -0.39 is 21.9 Å². The summed E-state index contributed by atoms with van der Waals surface area (Å²) < 4.78 is 29.7. The van der Waals surface area contributed by atoms with Gasteiger partial charge in [0.2, 0.25) is 0 Å². The molecule has 0 bridgehead atoms. The number of carbonyl (C=O) groups excluding carboxylic acids is 2. The molecule has 0 aromatic heterocycles. The molecule has 1 aromatic carbocycles. The number of hydrogen-bond donors (Lipinski definition) is 1. The largest absolute Gasteiger partial charge is 0.453 e. The molecule has 150 valence electrons. The van der Waals surface area contributed by atoms with Gasteiger partial charge in [0.1, 0.15) is 0 Å². The van der Waals surface area contributed by atoms with Crippen LogP contribution in [0.5, 0.6) is 0 Å². The van der Waals surface area contributed by atoms with Crippen molar-refractivity contribution in [3.05, 3.63) is 29.8 Å². The highest BCUT2D eigenvalue weighted by Gasteiger charge is 2.26. The fourth-order valence-corrected chi connectivity index (χ4v) is 4.44. The van der Waals surface area contributed by atoms with Gasteiger partial charge in [0.05, 0.1) is 17.1 Å². The molecule has 1 amide bonds. The molecule has 1 fully saturated rings. The van der Waals surface area contributed by atoms with Gasteiger partial charge in [-0.15, -0.1) is 0 Å². The Morgan fingerprint density at radius 1 is 1.19 bits per heavy atom. The van der Waals surface area contributed by atoms with Crippen LogP contribution >= 0.6 is 0 Å². The van der Waals surface area contributed by atoms with Crippen molar-refractivity contribution in [1.29, 1.82) is 0 Å². The molecule has 1 aromatic rings. The molecule has 1 N–H and O–H groups in total. The van der Waals surface area contributed by atoms with Crippen LogP contribution in [-0.2, 0) is 24.2 Å². The quantitative estimate of drug-likeness (QED) is 0.717. The molecule has 0 spiro atoms. The first-order chi connectivity index (χ1) is 12.7. The summed E-state index contributed by atoms with van der Waals surface area (Å²) in [4.78, 5) is 24.4. The Hall–Kier alpha value is -1.89. The lowest BCUT2D eigenvalue weighted by Crippen LogP contribution is -2.46. The molecule has 0 unspecified atom stereocenters. The summed E-state index contributed by atoms with van der Waals surface area (Å²) in [6.45, 7) is 5.49. The van der Waals surface area contributed by atoms with Crippen molar-refractivity contribution in [3.8, 4) is 0 Å². The van der Waals surface area contributed by atoms with Crippen LogP contribution in [0, 0.1) is 12.8 Å². The standard InChI is InChI=1S/C20H29NO5S/c1-14-8-10-17(11-9-14)27(24,25)13-12-19(22)26-16(3)20(23)21-18-7-5-4-6-15(18)2/h8-11,15-16,18H,4-7,12-13H2,1-3H3,(H,21,23)/t15-,16-,18+/m1/s1. The number of benzene rings is 1. The molecule has 0 radical (unpaired) electrons. The molecule has 6 nitrogen and oxygen atoms in total. The van der Waals surface area contributed by atoms with Crippen molar-refractivity contribution >= 4 is 21.7 Å². The molecule has 0 aliphatic heterocycles. The molecule has 2 rings (SSSR count). The van der Waals surface area contributed by atoms with Gasteiger partial charge in [0.15, 0.2) is 15.9 Å². The van der Waals surface area contributed by atoms with E-state index in [2.05, 4.69) is 12.2 Å². The topological polar surface area (TPSA) is 89.5 Å². The van der Waals surface area contributed by atoms with E-state index in [0.29, 0.717) is 5.92 Å². The van der Waals surface area contributed by atoms with Crippen LogP contribution in [0.2, 0.25) is 0 Å². The summed E-state index contributed by atoms with van der Waals surface area (Å²) in [6, 6.07) is 6.58. The Labute approximate surface area is 161 Å². The first-order valence-electron chi connectivity index (χ1n) is 9.48. The summed E-state index contributed by atoms with van der Waals surface area (Å²) in [5, 5.41) is 2.94. The predicted octanol–water partition coefficient (Wildman–Crippen LogP) is 2.79. The normalized spacial score (nSPS) is 21.3. The monoisotopic (exact) mass is 395 g/mol. The Balaban J connectivity index is 1.81. The minimum Gasteiger partial charge on any atom is -0.453 e. The zero-order chi connectivity index (χ0) is 20.0. The lowest BCUT2D eigenvalue weighted by molar-refractivity contribution is -0.154. The third kappa shape index (κ3) is 6.34. The molecule has 0 heterocycles. The third-order valence-electron chi connectivity index (χ3n) is 5.07. The number of amides is 1. The van der Waals surface area contributed by atoms with Gasteiger partial charge in [0.25, 0.3) is 5.91 Å². The van der Waals surface area contributed by atoms with Crippen molar-refractivity contribution < 1.29 is 22.7 Å². The maximum atomic E-state index is 12.3. The van der Waals surface area contributed by atoms with Crippen molar-refractivity contribution in [2.24, 2.45) is 5.92 Å². The SMILES string of the molecule is Cc1ccc(S(=O)(=O)CCC(=O)O[C@H](C)C(=O)N[C@H]2CCCC[C@H]2C)cc1. The number of esters is 1. The average Bonchev–Trinajstić information content (AvgIpc) is 2.62. The van der Waals surface area contributed by atoms with Crippen LogP contribution in [0.3, 0.4) is 0 Å². The number of rotatable bonds is 7. The highest BCUT2D eigenvalue weighted by atomic mass is 32.2. The first kappa shape index (κ1) is 21.4. The molecule has 1 aliphatic carbocycles. The molecule has 7 heteroatoms. The number of nitrogens with one attached hydrogen (secondary N) is 1. The second-order valence-corrected chi connectivity index (χ2v) is 9.50. The number of hydrogen-bond acceptors (Lipinski definition) is 5. The van der Waals surface area contributed by atoms with E-state index in [1.165, 1.54) is 25.5 Å². The van der Waals surface area contributed by atoms with Crippen molar-refractivity contribution in [2.45, 2.75) is 69.9 Å². The highest BCUT2D eigenvalue weighted by molar-refractivity contribution is 7.91. The van der Waals surface area contributed by atoms with Gasteiger partial charge in [-0.25, -0.2) is 8.42 Å². The van der Waals surface area contributed by atoms with E-state index in [4.69, 9.17) is 4.74 Å². The fraction of sp³-hybridized carbons (Fsp3) is 0.600. The van der Waals surface area contributed by atoms with Gasteiger partial charge in [-0.1, -0.05) is 37.5 Å². The number of sulfone groups is 1. The van der Waals surface area contributed by atoms with Crippen LogP contribution in [-0.4, -0.2) is 38.2 Å². The summed E-state index contributed by atoms with van der Waals surface area (Å²) in [7, 11) is -3.56. The predicted molar refractivity (Wildman–Crippen MR) is 103 cm³/mol. The smallest absolute Gasteiger partial charge is 0.307 e. The summed E-state index contributed by atoms with van der Waals surface area (Å²) in [6.07, 6.45) is 3.05. The van der Waals surface area contributed by atoms with Gasteiger partial charge >= 0.3 is 5.97 Å². The highest BCUT2D eigenvalue weighted by Crippen LogP contribution is 2.23. The molecular weight excluding hydrogens is 366 g/mol. The molecule has 1 saturated carbocycles. The van der Waals surface area contributed by atoms with E-state index in [9.17, 15) is 18.0 Å². The second kappa shape index (κ2) is 9.35. The Bertz CT molecular complexity index is 757. The van der Waals surface area contributed by atoms with Crippen LogP contribution in [0.15, 0.2) is 29.2 Å². The summed E-state index contributed by atoms with van der Waals surface area (Å²) >= 11 is 0. The van der Waals surface area contributed by atoms with Gasteiger partial charge in [0, 0.05) is 6.04 Å². The number of aryl methyl sites for hydroxylation is 1. The Morgan fingerprint density at radius 2 is 1.81 bits per heavy atom. The maximum Gasteiger partial charge on any atom is 0.307 e. The molecule has 1 aliphatic rings. The van der Waals surface area contributed by atoms with Crippen LogP contribution < -0.4 is 5.32 Å². The summed E-state index contributed by atoms with van der Waals surface area (Å²) in [5.74, 6) is -0.957. The van der Waals surface area contributed by atoms with Crippen LogP contribution in [0.1, 0.15) is 51.5 Å². The first-order valence-corrected chi connectivity index (χ1v) is 11.1. The summed E-state index contributed by atoms with van der Waals surface area (Å²) in [5.41, 5.74) is 0.959. The number of carbonyl (C=O) groups is 2. The Kier molecular flexibility index (Phi) is 7.41. The fourth-order valence-electron chi connectivity index (χ4n) is 3.22. The van der Waals surface area contributed by atoms with E-state index in [0.717, 1.165) is 24.8 Å². The maximum absolute atomic E-state index is 12.3. The van der Waals surface area contributed by atoms with E-state index in [-0.39, 0.29) is 29.0 Å². The second-order valence-electron chi connectivity index (χ2n) is 7.39. The minimum absolute atomic E-state index is 0.106. The van der Waals surface area contributed by atoms with E-state index in [1.54, 1.807) is 12.1 Å². The van der Waals surface area contributed by atoms with Gasteiger partial charge in [-0.3, -0.25) is 9.59 Å². The van der Waals surface area contributed by atoms with Gasteiger partial charge in [-0.2, -0.15) is 0 Å². The average molecular weight is 396 g/mol. The number of ether oxygens (including phenoxy) is 1. The van der Waals surface area contributed by atoms with Crippen molar-refractivity contribution in [3.63, 3.8) is 0 Å². The van der Waals surface area contributed by atoms with E-state index in [1.807, 2.05) is 6.92 Å².